The molecule has 2 N–H and O–H groups in total. The summed E-state index contributed by atoms with van der Waals surface area (Å²) in [6, 6.07) is 4.00. The van der Waals surface area contributed by atoms with Crippen molar-refractivity contribution in [1.29, 1.82) is 0 Å². The number of hydrogen-bond donors (Lipinski definition) is 1. The number of aromatic nitrogens is 1. The minimum absolute atomic E-state index is 0.762. The zero-order valence-corrected chi connectivity index (χ0v) is 8.03. The van der Waals surface area contributed by atoms with E-state index < -0.39 is 0 Å². The van der Waals surface area contributed by atoms with E-state index in [1.54, 1.807) is 6.20 Å². The monoisotopic (exact) mass is 176 g/mol. The summed E-state index contributed by atoms with van der Waals surface area (Å²) in [4.78, 5) is 4.05. The van der Waals surface area contributed by atoms with Gasteiger partial charge < -0.3 is 5.73 Å². The molecule has 2 heteroatoms. The lowest BCUT2D eigenvalue weighted by molar-refractivity contribution is 0.827. The molecule has 1 rings (SSSR count). The molecule has 0 atom stereocenters. The van der Waals surface area contributed by atoms with Gasteiger partial charge in [-0.25, -0.2) is 0 Å². The first kappa shape index (κ1) is 9.93. The Morgan fingerprint density at radius 1 is 1.62 bits per heavy atom. The molecule has 70 valence electrons. The molecule has 1 aromatic heterocycles. The second-order valence-corrected chi connectivity index (χ2v) is 3.17. The fourth-order valence-corrected chi connectivity index (χ4v) is 1.20. The molecule has 0 aliphatic rings. The smallest absolute Gasteiger partial charge is 0.0340 e. The van der Waals surface area contributed by atoms with Crippen molar-refractivity contribution in [1.82, 2.24) is 4.98 Å². The molecule has 0 fully saturated rings. The van der Waals surface area contributed by atoms with Gasteiger partial charge >= 0.3 is 0 Å². The molecule has 0 spiro atoms. The van der Waals surface area contributed by atoms with Crippen LogP contribution in [0.1, 0.15) is 25.3 Å². The van der Waals surface area contributed by atoms with Crippen LogP contribution in [0.25, 0.3) is 6.08 Å². The first-order valence-electron chi connectivity index (χ1n) is 4.60. The lowest BCUT2D eigenvalue weighted by atomic mass is 10.1. The molecule has 0 amide bonds. The van der Waals surface area contributed by atoms with E-state index in [1.807, 2.05) is 12.3 Å². The van der Waals surface area contributed by atoms with Gasteiger partial charge in [0.2, 0.25) is 0 Å². The minimum atomic E-state index is 0.762. The van der Waals surface area contributed by atoms with Gasteiger partial charge in [0.05, 0.1) is 0 Å². The van der Waals surface area contributed by atoms with E-state index in [0.717, 1.165) is 24.9 Å². The standard InChI is InChI=1S/C11H16N2/c1-10(4-2-6-12)8-11-5-3-7-13-9-11/h3,5,7-9H,2,4,6,12H2,1H3/b10-8-. The molecular formula is C11H16N2. The fourth-order valence-electron chi connectivity index (χ4n) is 1.20. The Labute approximate surface area is 79.5 Å². The Kier molecular flexibility index (Phi) is 4.19. The average molecular weight is 176 g/mol. The van der Waals surface area contributed by atoms with Gasteiger partial charge in [0.15, 0.2) is 0 Å². The van der Waals surface area contributed by atoms with Crippen molar-refractivity contribution >= 4 is 6.08 Å². The highest BCUT2D eigenvalue weighted by Gasteiger charge is 1.90. The maximum atomic E-state index is 5.43. The van der Waals surface area contributed by atoms with Crippen molar-refractivity contribution in [3.05, 3.63) is 35.7 Å². The Morgan fingerprint density at radius 3 is 3.08 bits per heavy atom. The van der Waals surface area contributed by atoms with Gasteiger partial charge in [-0.15, -0.1) is 0 Å². The Hall–Kier alpha value is -1.15. The van der Waals surface area contributed by atoms with Crippen LogP contribution in [-0.2, 0) is 0 Å². The summed E-state index contributed by atoms with van der Waals surface area (Å²) in [5.74, 6) is 0. The van der Waals surface area contributed by atoms with E-state index in [-0.39, 0.29) is 0 Å². The summed E-state index contributed by atoms with van der Waals surface area (Å²) in [5.41, 5.74) is 7.95. The molecule has 13 heavy (non-hydrogen) atoms. The number of rotatable bonds is 4. The molecule has 1 heterocycles. The molecule has 0 saturated carbocycles. The van der Waals surface area contributed by atoms with Crippen LogP contribution in [0.5, 0.6) is 0 Å². The van der Waals surface area contributed by atoms with E-state index in [4.69, 9.17) is 5.73 Å². The van der Waals surface area contributed by atoms with Crippen LogP contribution in [-0.4, -0.2) is 11.5 Å². The first-order valence-corrected chi connectivity index (χ1v) is 4.60. The zero-order chi connectivity index (χ0) is 9.52. The maximum absolute atomic E-state index is 5.43. The number of hydrogen-bond acceptors (Lipinski definition) is 2. The number of pyridine rings is 1. The van der Waals surface area contributed by atoms with Crippen molar-refractivity contribution in [2.24, 2.45) is 5.73 Å². The molecular weight excluding hydrogens is 160 g/mol. The molecule has 0 aliphatic carbocycles. The molecule has 2 nitrogen and oxygen atoms in total. The first-order chi connectivity index (χ1) is 6.33. The van der Waals surface area contributed by atoms with Crippen molar-refractivity contribution in [3.8, 4) is 0 Å². The van der Waals surface area contributed by atoms with Crippen LogP contribution in [0.15, 0.2) is 30.1 Å². The predicted molar refractivity (Wildman–Crippen MR) is 56.2 cm³/mol. The molecule has 0 bridgehead atoms. The second kappa shape index (κ2) is 5.49. The van der Waals surface area contributed by atoms with Crippen molar-refractivity contribution in [2.75, 3.05) is 6.54 Å². The molecule has 0 radical (unpaired) electrons. The van der Waals surface area contributed by atoms with E-state index in [2.05, 4.69) is 24.1 Å². The minimum Gasteiger partial charge on any atom is -0.330 e. The van der Waals surface area contributed by atoms with Crippen LogP contribution < -0.4 is 5.73 Å². The number of allylic oxidation sites excluding steroid dienone is 1. The number of nitrogens with zero attached hydrogens (tertiary/aromatic N) is 1. The highest BCUT2D eigenvalue weighted by Crippen LogP contribution is 2.09. The van der Waals surface area contributed by atoms with Gasteiger partial charge in [0, 0.05) is 12.4 Å². The Balaban J connectivity index is 2.55. The van der Waals surface area contributed by atoms with E-state index in [0.29, 0.717) is 0 Å². The summed E-state index contributed by atoms with van der Waals surface area (Å²) in [7, 11) is 0. The van der Waals surface area contributed by atoms with Crippen molar-refractivity contribution in [2.45, 2.75) is 19.8 Å². The van der Waals surface area contributed by atoms with Crippen LogP contribution >= 0.6 is 0 Å². The quantitative estimate of drug-likeness (QED) is 0.764. The number of nitrogens with two attached hydrogens (primary N) is 1. The van der Waals surface area contributed by atoms with Gasteiger partial charge in [-0.2, -0.15) is 0 Å². The summed E-state index contributed by atoms with van der Waals surface area (Å²) >= 11 is 0. The van der Waals surface area contributed by atoms with E-state index >= 15 is 0 Å². The molecule has 0 aliphatic heterocycles. The highest BCUT2D eigenvalue weighted by molar-refractivity contribution is 5.50. The third-order valence-electron chi connectivity index (χ3n) is 1.87. The third-order valence-corrected chi connectivity index (χ3v) is 1.87. The summed E-state index contributed by atoms with van der Waals surface area (Å²) in [6.07, 6.45) is 7.94. The summed E-state index contributed by atoms with van der Waals surface area (Å²) in [6.45, 7) is 2.89. The van der Waals surface area contributed by atoms with Crippen molar-refractivity contribution < 1.29 is 0 Å². The Bertz CT molecular complexity index is 265. The van der Waals surface area contributed by atoms with E-state index in [9.17, 15) is 0 Å². The van der Waals surface area contributed by atoms with Crippen LogP contribution in [0.4, 0.5) is 0 Å². The van der Waals surface area contributed by atoms with Crippen LogP contribution in [0.3, 0.4) is 0 Å². The van der Waals surface area contributed by atoms with Crippen LogP contribution in [0, 0.1) is 0 Å². The predicted octanol–water partition coefficient (Wildman–Crippen LogP) is 2.22. The second-order valence-electron chi connectivity index (χ2n) is 3.17. The summed E-state index contributed by atoms with van der Waals surface area (Å²) < 4.78 is 0. The molecule has 0 aromatic carbocycles. The zero-order valence-electron chi connectivity index (χ0n) is 8.03. The maximum Gasteiger partial charge on any atom is 0.0340 e. The average Bonchev–Trinajstić information content (AvgIpc) is 2.16. The molecule has 0 unspecified atom stereocenters. The highest BCUT2D eigenvalue weighted by atomic mass is 14.6. The normalized spacial score (nSPS) is 11.7. The van der Waals surface area contributed by atoms with Crippen LogP contribution in [0.2, 0.25) is 0 Å². The lowest BCUT2D eigenvalue weighted by Gasteiger charge is -1.99. The molecule has 1 aromatic rings. The third kappa shape index (κ3) is 3.85. The topological polar surface area (TPSA) is 38.9 Å². The SMILES string of the molecule is C/C(=C/c1cccnc1)CCCN. The summed E-state index contributed by atoms with van der Waals surface area (Å²) in [5, 5.41) is 0. The molecule has 0 saturated heterocycles. The Morgan fingerprint density at radius 2 is 2.46 bits per heavy atom. The lowest BCUT2D eigenvalue weighted by Crippen LogP contribution is -1.97. The largest absolute Gasteiger partial charge is 0.330 e. The van der Waals surface area contributed by atoms with Gasteiger partial charge in [0.25, 0.3) is 0 Å². The van der Waals surface area contributed by atoms with Gasteiger partial charge in [-0.1, -0.05) is 17.7 Å². The van der Waals surface area contributed by atoms with Gasteiger partial charge in [0.1, 0.15) is 0 Å². The van der Waals surface area contributed by atoms with E-state index in [1.165, 1.54) is 5.57 Å². The van der Waals surface area contributed by atoms with Crippen molar-refractivity contribution in [3.63, 3.8) is 0 Å². The fraction of sp³-hybridized carbons (Fsp3) is 0.364. The van der Waals surface area contributed by atoms with Gasteiger partial charge in [-0.05, 0) is 37.9 Å². The van der Waals surface area contributed by atoms with Gasteiger partial charge in [-0.3, -0.25) is 4.98 Å².